The van der Waals surface area contributed by atoms with Gasteiger partial charge in [0.1, 0.15) is 10.8 Å². The molecule has 0 aliphatic heterocycles. The molecule has 0 aliphatic carbocycles. The number of nitro groups is 1. The second-order valence-electron chi connectivity index (χ2n) is 4.58. The second kappa shape index (κ2) is 6.05. The van der Waals surface area contributed by atoms with E-state index in [1.165, 1.54) is 12.1 Å². The Morgan fingerprint density at radius 1 is 1.22 bits per heavy atom. The molecule has 2 aromatic carbocycles. The lowest BCUT2D eigenvalue weighted by atomic mass is 10.2. The van der Waals surface area contributed by atoms with Gasteiger partial charge in [-0.2, -0.15) is 4.98 Å². The Morgan fingerprint density at radius 2 is 2.04 bits per heavy atom. The minimum Gasteiger partial charge on any atom is -0.497 e. The number of methoxy groups -OCH3 is 1. The molecule has 0 saturated carbocycles. The molecule has 7 nitrogen and oxygen atoms in total. The average Bonchev–Trinajstić information content (AvgIpc) is 3.05. The summed E-state index contributed by atoms with van der Waals surface area (Å²) in [7, 11) is 1.56. The Morgan fingerprint density at radius 3 is 2.78 bits per heavy atom. The van der Waals surface area contributed by atoms with E-state index in [0.717, 1.165) is 0 Å². The Kier molecular flexibility index (Phi) is 3.94. The number of nitrogens with zero attached hydrogens (tertiary/aromatic N) is 3. The highest BCUT2D eigenvalue weighted by Gasteiger charge is 2.17. The van der Waals surface area contributed by atoms with Crippen molar-refractivity contribution in [3.63, 3.8) is 0 Å². The molecule has 0 aliphatic rings. The first-order chi connectivity index (χ1) is 11.1. The van der Waals surface area contributed by atoms with E-state index < -0.39 is 4.92 Å². The van der Waals surface area contributed by atoms with Gasteiger partial charge in [0, 0.05) is 17.2 Å². The number of benzene rings is 2. The molecule has 3 rings (SSSR count). The van der Waals surface area contributed by atoms with Crippen molar-refractivity contribution in [2.75, 3.05) is 7.11 Å². The number of hydrogen-bond donors (Lipinski definition) is 0. The first-order valence-electron chi connectivity index (χ1n) is 6.51. The van der Waals surface area contributed by atoms with Gasteiger partial charge in [0.05, 0.1) is 12.0 Å². The quantitative estimate of drug-likeness (QED) is 0.530. The molecule has 0 amide bonds. The molecule has 0 saturated heterocycles. The smallest absolute Gasteiger partial charge is 0.288 e. The standard InChI is InChI=1S/C15H10ClN3O4/c1-22-11-4-2-3-9(7-11)14-17-15(23-18-14)10-5-6-12(16)13(8-10)19(20)21/h2-8H,1H3. The fourth-order valence-corrected chi connectivity index (χ4v) is 2.19. The van der Waals surface area contributed by atoms with Crippen molar-refractivity contribution in [3.8, 4) is 28.6 Å². The van der Waals surface area contributed by atoms with E-state index in [4.69, 9.17) is 20.9 Å². The molecular formula is C15H10ClN3O4. The van der Waals surface area contributed by atoms with Gasteiger partial charge in [0.25, 0.3) is 11.6 Å². The molecule has 1 aromatic heterocycles. The monoisotopic (exact) mass is 331 g/mol. The summed E-state index contributed by atoms with van der Waals surface area (Å²) in [6.45, 7) is 0. The average molecular weight is 332 g/mol. The molecule has 8 heteroatoms. The summed E-state index contributed by atoms with van der Waals surface area (Å²) < 4.78 is 10.3. The Balaban J connectivity index is 1.99. The molecule has 3 aromatic rings. The first-order valence-corrected chi connectivity index (χ1v) is 6.88. The fraction of sp³-hybridized carbons (Fsp3) is 0.0667. The molecule has 1 heterocycles. The third-order valence-electron chi connectivity index (χ3n) is 3.14. The van der Waals surface area contributed by atoms with Crippen molar-refractivity contribution in [3.05, 3.63) is 57.6 Å². The summed E-state index contributed by atoms with van der Waals surface area (Å²) in [4.78, 5) is 14.6. The lowest BCUT2D eigenvalue weighted by Gasteiger charge is -2.00. The summed E-state index contributed by atoms with van der Waals surface area (Å²) in [5.41, 5.74) is 0.913. The normalized spacial score (nSPS) is 10.5. The van der Waals surface area contributed by atoms with Crippen molar-refractivity contribution < 1.29 is 14.2 Å². The van der Waals surface area contributed by atoms with Crippen LogP contribution in [0.25, 0.3) is 22.8 Å². The summed E-state index contributed by atoms with van der Waals surface area (Å²) in [6, 6.07) is 11.5. The second-order valence-corrected chi connectivity index (χ2v) is 4.99. The van der Waals surface area contributed by atoms with Gasteiger partial charge in [-0.3, -0.25) is 10.1 Å². The van der Waals surface area contributed by atoms with Crippen LogP contribution in [0.2, 0.25) is 5.02 Å². The zero-order chi connectivity index (χ0) is 16.4. The van der Waals surface area contributed by atoms with Crippen molar-refractivity contribution in [1.82, 2.24) is 10.1 Å². The van der Waals surface area contributed by atoms with E-state index in [-0.39, 0.29) is 16.6 Å². The van der Waals surface area contributed by atoms with E-state index >= 15 is 0 Å². The van der Waals surface area contributed by atoms with Gasteiger partial charge in [0.2, 0.25) is 5.82 Å². The van der Waals surface area contributed by atoms with E-state index in [9.17, 15) is 10.1 Å². The van der Waals surface area contributed by atoms with Crippen LogP contribution in [0.15, 0.2) is 47.0 Å². The van der Waals surface area contributed by atoms with Gasteiger partial charge in [-0.1, -0.05) is 28.9 Å². The van der Waals surface area contributed by atoms with Gasteiger partial charge in [-0.25, -0.2) is 0 Å². The number of rotatable bonds is 4. The Hall–Kier alpha value is -2.93. The summed E-state index contributed by atoms with van der Waals surface area (Å²) in [5, 5.41) is 14.9. The summed E-state index contributed by atoms with van der Waals surface area (Å²) in [5.74, 6) is 1.19. The van der Waals surface area contributed by atoms with Crippen LogP contribution < -0.4 is 4.74 Å². The lowest BCUT2D eigenvalue weighted by molar-refractivity contribution is -0.384. The van der Waals surface area contributed by atoms with E-state index in [1.807, 2.05) is 6.07 Å². The van der Waals surface area contributed by atoms with Crippen LogP contribution in [0.5, 0.6) is 5.75 Å². The van der Waals surface area contributed by atoms with Crippen molar-refractivity contribution in [1.29, 1.82) is 0 Å². The number of nitro benzene ring substituents is 1. The molecule has 0 bridgehead atoms. The molecule has 116 valence electrons. The third kappa shape index (κ3) is 3.00. The van der Waals surface area contributed by atoms with Crippen LogP contribution in [-0.4, -0.2) is 22.2 Å². The SMILES string of the molecule is COc1cccc(-c2noc(-c3ccc(Cl)c([N+](=O)[O-])c3)n2)c1. The largest absolute Gasteiger partial charge is 0.497 e. The minimum atomic E-state index is -0.564. The van der Waals surface area contributed by atoms with Crippen LogP contribution in [0.1, 0.15) is 0 Å². The molecule has 0 unspecified atom stereocenters. The molecule has 0 spiro atoms. The lowest BCUT2D eigenvalue weighted by Crippen LogP contribution is -1.90. The number of ether oxygens (including phenoxy) is 1. The van der Waals surface area contributed by atoms with Gasteiger partial charge in [-0.15, -0.1) is 0 Å². The predicted octanol–water partition coefficient (Wildman–Crippen LogP) is 3.97. The molecule has 23 heavy (non-hydrogen) atoms. The molecule has 0 radical (unpaired) electrons. The van der Waals surface area contributed by atoms with Gasteiger partial charge in [0.15, 0.2) is 0 Å². The molecular weight excluding hydrogens is 322 g/mol. The van der Waals surface area contributed by atoms with Crippen LogP contribution in [0.4, 0.5) is 5.69 Å². The molecule has 0 N–H and O–H groups in total. The highest BCUT2D eigenvalue weighted by molar-refractivity contribution is 6.32. The topological polar surface area (TPSA) is 91.3 Å². The highest BCUT2D eigenvalue weighted by Crippen LogP contribution is 2.30. The van der Waals surface area contributed by atoms with Gasteiger partial charge < -0.3 is 9.26 Å². The van der Waals surface area contributed by atoms with E-state index in [2.05, 4.69) is 10.1 Å². The summed E-state index contributed by atoms with van der Waals surface area (Å²) >= 11 is 5.79. The fourth-order valence-electron chi connectivity index (χ4n) is 2.01. The van der Waals surface area contributed by atoms with Crippen molar-refractivity contribution in [2.24, 2.45) is 0 Å². The number of halogens is 1. The molecule has 0 fully saturated rings. The maximum absolute atomic E-state index is 10.9. The number of aromatic nitrogens is 2. The number of hydrogen-bond acceptors (Lipinski definition) is 6. The maximum atomic E-state index is 10.9. The Bertz CT molecular complexity index is 879. The van der Waals surface area contributed by atoms with E-state index in [0.29, 0.717) is 22.7 Å². The molecule has 0 atom stereocenters. The minimum absolute atomic E-state index is 0.0475. The highest BCUT2D eigenvalue weighted by atomic mass is 35.5. The maximum Gasteiger partial charge on any atom is 0.288 e. The van der Waals surface area contributed by atoms with Crippen LogP contribution in [0, 0.1) is 10.1 Å². The van der Waals surface area contributed by atoms with Crippen LogP contribution >= 0.6 is 11.6 Å². The zero-order valence-electron chi connectivity index (χ0n) is 11.9. The van der Waals surface area contributed by atoms with Crippen molar-refractivity contribution in [2.45, 2.75) is 0 Å². The van der Waals surface area contributed by atoms with Gasteiger partial charge >= 0.3 is 0 Å². The van der Waals surface area contributed by atoms with Crippen LogP contribution in [-0.2, 0) is 0 Å². The van der Waals surface area contributed by atoms with Crippen LogP contribution in [0.3, 0.4) is 0 Å². The first kappa shape index (κ1) is 15.0. The zero-order valence-corrected chi connectivity index (χ0v) is 12.6. The van der Waals surface area contributed by atoms with Crippen molar-refractivity contribution >= 4 is 17.3 Å². The van der Waals surface area contributed by atoms with E-state index in [1.54, 1.807) is 31.4 Å². The predicted molar refractivity (Wildman–Crippen MR) is 83.4 cm³/mol. The summed E-state index contributed by atoms with van der Waals surface area (Å²) in [6.07, 6.45) is 0. The third-order valence-corrected chi connectivity index (χ3v) is 3.46. The van der Waals surface area contributed by atoms with Gasteiger partial charge in [-0.05, 0) is 24.3 Å². The Labute approximate surface area is 135 Å².